The van der Waals surface area contributed by atoms with Gasteiger partial charge in [0.1, 0.15) is 0 Å². The van der Waals surface area contributed by atoms with Crippen molar-refractivity contribution in [1.29, 1.82) is 0 Å². The van der Waals surface area contributed by atoms with Crippen molar-refractivity contribution in [1.82, 2.24) is 9.36 Å². The van der Waals surface area contributed by atoms with E-state index in [1.165, 1.54) is 13.1 Å². The summed E-state index contributed by atoms with van der Waals surface area (Å²) in [5.74, 6) is 0. The number of hydrogen-bond donors (Lipinski definition) is 0. The van der Waals surface area contributed by atoms with Gasteiger partial charge < -0.3 is 0 Å². The first-order valence-corrected chi connectivity index (χ1v) is 10.8. The van der Waals surface area contributed by atoms with Crippen molar-refractivity contribution >= 4 is 20.6 Å². The molecular weight excluding hydrogens is 317 g/mol. The zero-order valence-electron chi connectivity index (χ0n) is 12.9. The molecule has 1 aliphatic heterocycles. The van der Waals surface area contributed by atoms with Crippen molar-refractivity contribution in [3.8, 4) is 0 Å². The Bertz CT molecular complexity index is 246. The van der Waals surface area contributed by atoms with E-state index in [4.69, 9.17) is 0 Å². The Labute approximate surface area is 116 Å². The minimum atomic E-state index is -1.73. The van der Waals surface area contributed by atoms with Gasteiger partial charge in [0.05, 0.1) is 0 Å². The third-order valence-corrected chi connectivity index (χ3v) is 15.0. The summed E-state index contributed by atoms with van der Waals surface area (Å²) in [6.45, 7) is 21.2. The summed E-state index contributed by atoms with van der Waals surface area (Å²) in [6.07, 6.45) is 0.630. The number of rotatable bonds is 4. The van der Waals surface area contributed by atoms with Crippen LogP contribution >= 0.6 is 0 Å². The summed E-state index contributed by atoms with van der Waals surface area (Å²) < 4.78 is 8.37. The second kappa shape index (κ2) is 5.76. The van der Waals surface area contributed by atoms with Crippen LogP contribution in [0.15, 0.2) is 0 Å². The first kappa shape index (κ1) is 15.7. The van der Waals surface area contributed by atoms with Gasteiger partial charge in [0, 0.05) is 0 Å². The Hall–Kier alpha value is 0.679. The maximum absolute atomic E-state index is 2.82. The average Bonchev–Trinajstić information content (AvgIpc) is 2.14. The van der Waals surface area contributed by atoms with Crippen LogP contribution in [0.4, 0.5) is 0 Å². The Morgan fingerprint density at radius 1 is 1.18 bits per heavy atom. The van der Waals surface area contributed by atoms with Crippen LogP contribution in [0.5, 0.6) is 0 Å². The molecule has 0 aromatic rings. The van der Waals surface area contributed by atoms with Crippen LogP contribution in [-0.2, 0) is 0 Å². The van der Waals surface area contributed by atoms with Crippen molar-refractivity contribution in [2.24, 2.45) is 0 Å². The molecule has 1 fully saturated rings. The van der Waals surface area contributed by atoms with Crippen LogP contribution in [-0.4, -0.2) is 60.8 Å². The van der Waals surface area contributed by atoms with Crippen LogP contribution in [0.3, 0.4) is 0 Å². The Balaban J connectivity index is 2.92. The number of nitrogens with zero attached hydrogens (tertiary/aromatic N) is 3. The van der Waals surface area contributed by atoms with Crippen molar-refractivity contribution in [2.45, 2.75) is 73.1 Å². The quantitative estimate of drug-likeness (QED) is 0.724. The van der Waals surface area contributed by atoms with E-state index in [2.05, 4.69) is 64.8 Å². The molecule has 0 spiro atoms. The molecule has 1 unspecified atom stereocenters. The predicted molar refractivity (Wildman–Crippen MR) is 76.7 cm³/mol. The van der Waals surface area contributed by atoms with Crippen LogP contribution in [0.25, 0.3) is 0 Å². The normalized spacial score (nSPS) is 24.7. The molecule has 1 rings (SSSR count). The fraction of sp³-hybridized carbons (Fsp3) is 1.00. The fourth-order valence-electron chi connectivity index (χ4n) is 2.87. The Kier molecular flexibility index (Phi) is 5.33. The molecular formula is C13H30N3Sn. The standard InChI is InChI=1S/C9H20N2.C4H10N.Sn/c1-7(2)10-8(3)11-9(4,5)6;1-3-5-4-2;/h7-8H,1-6H3;3-4H2,1-2H3;/q-2;-1;+3. The van der Waals surface area contributed by atoms with Gasteiger partial charge in [-0.1, -0.05) is 0 Å². The molecule has 1 radical (unpaired) electrons. The third kappa shape index (κ3) is 2.99. The first-order chi connectivity index (χ1) is 7.75. The zero-order valence-corrected chi connectivity index (χ0v) is 15.8. The van der Waals surface area contributed by atoms with Gasteiger partial charge in [0.25, 0.3) is 0 Å². The SMILES string of the molecule is CC[N](CC)[Sn]1[N](C(C)C)C(C)[N]1C(C)(C)C. The van der Waals surface area contributed by atoms with E-state index in [0.29, 0.717) is 17.7 Å². The molecule has 4 heteroatoms. The van der Waals surface area contributed by atoms with E-state index in [9.17, 15) is 0 Å². The van der Waals surface area contributed by atoms with Gasteiger partial charge in [-0.15, -0.1) is 0 Å². The van der Waals surface area contributed by atoms with E-state index < -0.39 is 20.6 Å². The molecule has 0 saturated carbocycles. The molecule has 0 bridgehead atoms. The first-order valence-electron chi connectivity index (χ1n) is 6.95. The topological polar surface area (TPSA) is 9.72 Å². The van der Waals surface area contributed by atoms with Crippen LogP contribution in [0.1, 0.15) is 55.4 Å². The van der Waals surface area contributed by atoms with Crippen molar-refractivity contribution in [2.75, 3.05) is 13.1 Å². The van der Waals surface area contributed by atoms with Gasteiger partial charge >= 0.3 is 116 Å². The van der Waals surface area contributed by atoms with Crippen LogP contribution in [0.2, 0.25) is 0 Å². The van der Waals surface area contributed by atoms with E-state index in [1.807, 2.05) is 0 Å². The molecule has 3 nitrogen and oxygen atoms in total. The second-order valence-corrected chi connectivity index (χ2v) is 12.5. The molecule has 1 aliphatic rings. The monoisotopic (exact) mass is 348 g/mol. The summed E-state index contributed by atoms with van der Waals surface area (Å²) in [4.78, 5) is 0. The molecule has 17 heavy (non-hydrogen) atoms. The maximum atomic E-state index is 2.82. The molecule has 0 aliphatic carbocycles. The third-order valence-electron chi connectivity index (χ3n) is 3.55. The predicted octanol–water partition coefficient (Wildman–Crippen LogP) is 2.48. The molecule has 0 aromatic carbocycles. The van der Waals surface area contributed by atoms with E-state index in [0.717, 1.165) is 0 Å². The van der Waals surface area contributed by atoms with Gasteiger partial charge in [-0.2, -0.15) is 0 Å². The van der Waals surface area contributed by atoms with Crippen LogP contribution in [0, 0.1) is 0 Å². The van der Waals surface area contributed by atoms with Gasteiger partial charge in [-0.25, -0.2) is 0 Å². The van der Waals surface area contributed by atoms with Gasteiger partial charge in [-0.3, -0.25) is 0 Å². The van der Waals surface area contributed by atoms with Crippen LogP contribution < -0.4 is 0 Å². The summed E-state index contributed by atoms with van der Waals surface area (Å²) in [5, 5.41) is 0. The Morgan fingerprint density at radius 3 is 1.94 bits per heavy atom. The summed E-state index contributed by atoms with van der Waals surface area (Å²) >= 11 is -1.73. The molecule has 1 saturated heterocycles. The summed E-state index contributed by atoms with van der Waals surface area (Å²) in [6, 6.07) is 0.693. The van der Waals surface area contributed by atoms with E-state index >= 15 is 0 Å². The molecule has 1 atom stereocenters. The zero-order chi connectivity index (χ0) is 13.4. The molecule has 1 heterocycles. The summed E-state index contributed by atoms with van der Waals surface area (Å²) in [7, 11) is 0. The summed E-state index contributed by atoms with van der Waals surface area (Å²) in [5.41, 5.74) is 0.322. The van der Waals surface area contributed by atoms with Crippen molar-refractivity contribution in [3.05, 3.63) is 0 Å². The van der Waals surface area contributed by atoms with E-state index in [-0.39, 0.29) is 0 Å². The number of hydrogen-bond acceptors (Lipinski definition) is 3. The fourth-order valence-corrected chi connectivity index (χ4v) is 12.1. The molecule has 0 aromatic heterocycles. The molecule has 0 N–H and O–H groups in total. The van der Waals surface area contributed by atoms with Crippen molar-refractivity contribution < 1.29 is 0 Å². The Morgan fingerprint density at radius 2 is 1.65 bits per heavy atom. The second-order valence-electron chi connectivity index (χ2n) is 6.15. The van der Waals surface area contributed by atoms with E-state index in [1.54, 1.807) is 0 Å². The molecule has 0 amide bonds. The van der Waals surface area contributed by atoms with Gasteiger partial charge in [0.2, 0.25) is 0 Å². The average molecular weight is 347 g/mol. The van der Waals surface area contributed by atoms with Gasteiger partial charge in [0.15, 0.2) is 0 Å². The minimum absolute atomic E-state index is 0.322. The van der Waals surface area contributed by atoms with Crippen molar-refractivity contribution in [3.63, 3.8) is 0 Å². The van der Waals surface area contributed by atoms with Gasteiger partial charge in [-0.05, 0) is 0 Å². The molecule has 101 valence electrons.